The lowest BCUT2D eigenvalue weighted by Crippen LogP contribution is -3.00. The Labute approximate surface area is 313 Å². The molecule has 3 saturated heterocycles. The fourth-order valence-corrected chi connectivity index (χ4v) is 8.26. The molecule has 1 amide bonds. The van der Waals surface area contributed by atoms with Crippen LogP contribution in [0.3, 0.4) is 0 Å². The van der Waals surface area contributed by atoms with Gasteiger partial charge < -0.3 is 40.4 Å². The smallest absolute Gasteiger partial charge is 0.263 e. The molecule has 0 radical (unpaired) electrons. The number of halogens is 3. The molecule has 2 bridgehead atoms. The molecular weight excluding hydrogens is 738 g/mol. The molecule has 3 fully saturated rings. The van der Waals surface area contributed by atoms with E-state index < -0.39 is 23.0 Å². The van der Waals surface area contributed by atoms with Gasteiger partial charge in [-0.2, -0.15) is 0 Å². The summed E-state index contributed by atoms with van der Waals surface area (Å²) in [4.78, 5) is 32.7. The number of pyridine rings is 1. The zero-order valence-corrected chi connectivity index (χ0v) is 32.0. The van der Waals surface area contributed by atoms with Gasteiger partial charge in [0.1, 0.15) is 28.7 Å². The van der Waals surface area contributed by atoms with E-state index in [4.69, 9.17) is 9.47 Å². The van der Waals surface area contributed by atoms with Crippen LogP contribution in [0.15, 0.2) is 70.5 Å². The fraction of sp³-hybridized carbons (Fsp3) is 0.436. The molecule has 0 spiro atoms. The normalized spacial score (nSPS) is 18.0. The maximum atomic E-state index is 14.1. The average molecular weight is 786 g/mol. The Morgan fingerprint density at radius 3 is 2.12 bits per heavy atom. The van der Waals surface area contributed by atoms with E-state index in [1.54, 1.807) is 61.7 Å². The molecule has 3 aromatic carbocycles. The van der Waals surface area contributed by atoms with Crippen molar-refractivity contribution in [2.45, 2.75) is 43.9 Å². The van der Waals surface area contributed by atoms with Crippen molar-refractivity contribution in [3.8, 4) is 17.2 Å². The Balaban J connectivity index is 0.00000504. The third-order valence-electron chi connectivity index (χ3n) is 10.3. The molecule has 1 aromatic heterocycles. The third kappa shape index (κ3) is 8.96. The Bertz CT molecular complexity index is 1840. The number of rotatable bonds is 15. The summed E-state index contributed by atoms with van der Waals surface area (Å²) in [5, 5.41) is 0.352. The number of fused-ring (bicyclic) bond motifs is 4. The van der Waals surface area contributed by atoms with E-state index >= 15 is 0 Å². The number of anilines is 1. The van der Waals surface area contributed by atoms with Crippen LogP contribution in [0.5, 0.6) is 11.5 Å². The maximum absolute atomic E-state index is 14.1. The summed E-state index contributed by atoms with van der Waals surface area (Å²) in [7, 11) is 3.11. The third-order valence-corrected chi connectivity index (χ3v) is 11.3. The lowest BCUT2D eigenvalue weighted by Gasteiger charge is -2.50. The first kappa shape index (κ1) is 38.8. The van der Waals surface area contributed by atoms with Crippen molar-refractivity contribution < 1.29 is 44.5 Å². The summed E-state index contributed by atoms with van der Waals surface area (Å²) < 4.78 is 42.5. The first-order valence-electron chi connectivity index (χ1n) is 17.6. The number of aromatic nitrogens is 1. The quantitative estimate of drug-likeness (QED) is 0.103. The largest absolute Gasteiger partial charge is 1.00 e. The molecule has 0 aliphatic carbocycles. The minimum atomic E-state index is -0.811. The second-order valence-electron chi connectivity index (χ2n) is 13.4. The SMILES string of the molecule is CCN(C(=O)c1cn(-c2cc(OC)cc(OC)c2)c2cc(SCCCCCCC[N+]34CCN(CC3)CC4)ccc2c1=O)c1cc(F)cc(F)c1.[Br-]. The van der Waals surface area contributed by atoms with Crippen LogP contribution >= 0.6 is 11.8 Å². The highest BCUT2D eigenvalue weighted by Crippen LogP contribution is 2.31. The zero-order chi connectivity index (χ0) is 35.3. The molecule has 274 valence electrons. The number of carbonyl (C=O) groups excluding carboxylic acids is 1. The lowest BCUT2D eigenvalue weighted by molar-refractivity contribution is -0.941. The number of quaternary nitrogens is 1. The summed E-state index contributed by atoms with van der Waals surface area (Å²) in [5.41, 5.74) is 0.694. The van der Waals surface area contributed by atoms with E-state index in [-0.39, 0.29) is 34.8 Å². The summed E-state index contributed by atoms with van der Waals surface area (Å²) in [6.07, 6.45) is 7.64. The van der Waals surface area contributed by atoms with Crippen LogP contribution in [-0.4, -0.2) is 92.2 Å². The van der Waals surface area contributed by atoms with Crippen LogP contribution in [0.25, 0.3) is 16.6 Å². The van der Waals surface area contributed by atoms with Gasteiger partial charge in [0.05, 0.1) is 51.6 Å². The molecule has 4 aromatic rings. The summed E-state index contributed by atoms with van der Waals surface area (Å²) >= 11 is 1.76. The predicted octanol–water partition coefficient (Wildman–Crippen LogP) is 4.15. The Morgan fingerprint density at radius 2 is 1.49 bits per heavy atom. The number of ether oxygens (including phenoxy) is 2. The van der Waals surface area contributed by atoms with Gasteiger partial charge in [-0.15, -0.1) is 11.8 Å². The van der Waals surface area contributed by atoms with E-state index in [2.05, 4.69) is 4.90 Å². The van der Waals surface area contributed by atoms with E-state index in [0.29, 0.717) is 28.1 Å². The van der Waals surface area contributed by atoms with Crippen molar-refractivity contribution in [3.05, 3.63) is 88.2 Å². The highest BCUT2D eigenvalue weighted by molar-refractivity contribution is 7.99. The molecule has 8 nitrogen and oxygen atoms in total. The van der Waals surface area contributed by atoms with Gasteiger partial charge in [0.25, 0.3) is 5.91 Å². The van der Waals surface area contributed by atoms with Crippen LogP contribution in [0.4, 0.5) is 14.5 Å². The van der Waals surface area contributed by atoms with Crippen LogP contribution < -0.4 is 36.8 Å². The van der Waals surface area contributed by atoms with Crippen molar-refractivity contribution >= 4 is 34.3 Å². The average Bonchev–Trinajstić information content (AvgIpc) is 3.13. The summed E-state index contributed by atoms with van der Waals surface area (Å²) in [5.74, 6) is -0.237. The van der Waals surface area contributed by atoms with E-state index in [1.165, 1.54) is 87.1 Å². The van der Waals surface area contributed by atoms with Crippen molar-refractivity contribution in [1.29, 1.82) is 0 Å². The van der Waals surface area contributed by atoms with Gasteiger partial charge in [0.2, 0.25) is 5.43 Å². The minimum Gasteiger partial charge on any atom is -1.00 e. The van der Waals surface area contributed by atoms with Crippen molar-refractivity contribution in [3.63, 3.8) is 0 Å². The van der Waals surface area contributed by atoms with Crippen LogP contribution in [-0.2, 0) is 0 Å². The number of amides is 1. The molecule has 7 rings (SSSR count). The number of methoxy groups -OCH3 is 2. The highest BCUT2D eigenvalue weighted by atomic mass is 79.9. The number of hydrogen-bond acceptors (Lipinski definition) is 6. The second-order valence-corrected chi connectivity index (χ2v) is 14.5. The molecule has 0 N–H and O–H groups in total. The molecule has 12 heteroatoms. The topological polar surface area (TPSA) is 64.0 Å². The van der Waals surface area contributed by atoms with E-state index in [1.807, 2.05) is 12.1 Å². The van der Waals surface area contributed by atoms with E-state index in [9.17, 15) is 18.4 Å². The first-order chi connectivity index (χ1) is 24.2. The van der Waals surface area contributed by atoms with Crippen LogP contribution in [0, 0.1) is 11.6 Å². The summed E-state index contributed by atoms with van der Waals surface area (Å²) in [6, 6.07) is 13.9. The minimum absolute atomic E-state index is 0. The molecule has 4 heterocycles. The Morgan fingerprint density at radius 1 is 0.863 bits per heavy atom. The second kappa shape index (κ2) is 17.4. The maximum Gasteiger partial charge on any atom is 0.263 e. The number of thioether (sulfide) groups is 1. The van der Waals surface area contributed by atoms with Gasteiger partial charge in [0, 0.05) is 72.6 Å². The first-order valence-corrected chi connectivity index (χ1v) is 18.6. The molecule has 3 aliphatic rings. The van der Waals surface area contributed by atoms with Crippen molar-refractivity contribution in [2.24, 2.45) is 0 Å². The van der Waals surface area contributed by atoms with Gasteiger partial charge in [-0.25, -0.2) is 8.78 Å². The Kier molecular flexibility index (Phi) is 13.2. The van der Waals surface area contributed by atoms with Crippen molar-refractivity contribution in [1.82, 2.24) is 9.47 Å². The molecule has 51 heavy (non-hydrogen) atoms. The predicted molar refractivity (Wildman–Crippen MR) is 196 cm³/mol. The van der Waals surface area contributed by atoms with Gasteiger partial charge >= 0.3 is 0 Å². The summed E-state index contributed by atoms with van der Waals surface area (Å²) in [6.45, 7) is 10.9. The van der Waals surface area contributed by atoms with Gasteiger partial charge in [-0.3, -0.25) is 14.5 Å². The zero-order valence-electron chi connectivity index (χ0n) is 29.6. The monoisotopic (exact) mass is 784 g/mol. The number of hydrogen-bond donors (Lipinski definition) is 0. The molecule has 3 aliphatic heterocycles. The molecular formula is C39H47BrF2N4O4S. The number of unbranched alkanes of at least 4 members (excludes halogenated alkanes) is 4. The molecule has 0 unspecified atom stereocenters. The van der Waals surface area contributed by atoms with Crippen molar-refractivity contribution in [2.75, 3.05) is 77.2 Å². The fourth-order valence-electron chi connectivity index (χ4n) is 7.31. The van der Waals surface area contributed by atoms with Gasteiger partial charge in [-0.1, -0.05) is 12.8 Å². The molecule has 0 saturated carbocycles. The number of piperazine rings is 3. The standard InChI is InChI=1S/C39H47F2N4O4S.BrH/c1-4-43(30-21-28(40)20-29(41)22-30)39(47)36-27-44(31-23-32(48-2)25-33(24-31)49-3)37-26-34(10-11-35(37)38(36)46)50-19-9-7-5-6-8-15-45-16-12-42(13-17-45)14-18-45;/h10-11,20-27H,4-9,12-19H2,1-3H3;1H/q+1;/p-1. The number of benzene rings is 3. The highest BCUT2D eigenvalue weighted by Gasteiger charge is 2.37. The Hall–Kier alpha value is -3.45. The van der Waals surface area contributed by atoms with Gasteiger partial charge in [-0.05, 0) is 62.3 Å². The van der Waals surface area contributed by atoms with Crippen LogP contribution in [0.2, 0.25) is 0 Å². The lowest BCUT2D eigenvalue weighted by atomic mass is 10.1. The van der Waals surface area contributed by atoms with E-state index in [0.717, 1.165) is 35.3 Å². The van der Waals surface area contributed by atoms with Gasteiger partial charge in [0.15, 0.2) is 0 Å². The number of nitrogens with zero attached hydrogens (tertiary/aromatic N) is 4. The van der Waals surface area contributed by atoms with Crippen LogP contribution in [0.1, 0.15) is 49.4 Å². The molecule has 0 atom stereocenters. The number of carbonyl (C=O) groups is 1.